The Labute approximate surface area is 134 Å². The fraction of sp³-hybridized carbons (Fsp3) is 0.500. The number of nitrogens with one attached hydrogen (secondary N) is 1. The topological polar surface area (TPSA) is 75.6 Å². The van der Waals surface area contributed by atoms with Crippen LogP contribution in [0.1, 0.15) is 31.2 Å². The second kappa shape index (κ2) is 7.49. The number of carboxylic acids is 1. The number of amides is 1. The molecule has 1 aromatic carbocycles. The van der Waals surface area contributed by atoms with Gasteiger partial charge in [0.25, 0.3) is 0 Å². The molecule has 22 heavy (non-hydrogen) atoms. The van der Waals surface area contributed by atoms with Crippen LogP contribution < -0.4 is 10.1 Å². The maximum absolute atomic E-state index is 11.9. The molecule has 0 aromatic heterocycles. The van der Waals surface area contributed by atoms with E-state index < -0.39 is 12.0 Å². The van der Waals surface area contributed by atoms with Gasteiger partial charge in [-0.3, -0.25) is 4.79 Å². The molecule has 0 spiro atoms. The molecule has 0 saturated heterocycles. The molecule has 1 aromatic rings. The number of benzene rings is 1. The van der Waals surface area contributed by atoms with Crippen molar-refractivity contribution in [1.82, 2.24) is 5.32 Å². The number of aryl methyl sites for hydroxylation is 1. The van der Waals surface area contributed by atoms with Gasteiger partial charge in [0.2, 0.25) is 5.91 Å². The van der Waals surface area contributed by atoms with E-state index in [1.807, 2.05) is 6.07 Å². The summed E-state index contributed by atoms with van der Waals surface area (Å²) in [5.74, 6) is -0.181. The van der Waals surface area contributed by atoms with Gasteiger partial charge in [0.1, 0.15) is 11.8 Å². The number of carbonyl (C=O) groups is 2. The van der Waals surface area contributed by atoms with Gasteiger partial charge in [-0.2, -0.15) is 0 Å². The lowest BCUT2D eigenvalue weighted by Crippen LogP contribution is -2.41. The van der Waals surface area contributed by atoms with Crippen LogP contribution >= 0.6 is 11.6 Å². The van der Waals surface area contributed by atoms with Crippen LogP contribution in [0.4, 0.5) is 0 Å². The highest BCUT2D eigenvalue weighted by molar-refractivity contribution is 6.32. The number of carboxylic acid groups (broad SMARTS) is 1. The van der Waals surface area contributed by atoms with Gasteiger partial charge in [0, 0.05) is 6.42 Å². The van der Waals surface area contributed by atoms with Crippen molar-refractivity contribution < 1.29 is 19.4 Å². The van der Waals surface area contributed by atoms with Crippen molar-refractivity contribution >= 4 is 23.5 Å². The minimum absolute atomic E-state index is 0.233. The smallest absolute Gasteiger partial charge is 0.326 e. The molecule has 1 aliphatic rings. The van der Waals surface area contributed by atoms with E-state index in [0.29, 0.717) is 29.5 Å². The van der Waals surface area contributed by atoms with Gasteiger partial charge in [-0.25, -0.2) is 4.79 Å². The number of rotatable bonds is 8. The van der Waals surface area contributed by atoms with Crippen molar-refractivity contribution in [2.24, 2.45) is 5.92 Å². The number of hydrogen-bond acceptors (Lipinski definition) is 3. The summed E-state index contributed by atoms with van der Waals surface area (Å²) in [7, 11) is 1.54. The first kappa shape index (κ1) is 16.6. The quantitative estimate of drug-likeness (QED) is 0.770. The molecule has 0 bridgehead atoms. The summed E-state index contributed by atoms with van der Waals surface area (Å²) in [6.45, 7) is 0. The SMILES string of the molecule is COc1ccc(CCC(=O)NC(CC2CC2)C(=O)O)cc1Cl. The van der Waals surface area contributed by atoms with Gasteiger partial charge in [0.15, 0.2) is 0 Å². The average Bonchev–Trinajstić information content (AvgIpc) is 3.28. The Bertz CT molecular complexity index is 557. The minimum atomic E-state index is -0.965. The Morgan fingerprint density at radius 2 is 2.18 bits per heavy atom. The molecule has 1 fully saturated rings. The van der Waals surface area contributed by atoms with Gasteiger partial charge in [-0.1, -0.05) is 30.5 Å². The molecule has 1 aliphatic carbocycles. The third-order valence-corrected chi connectivity index (χ3v) is 4.05. The third-order valence-electron chi connectivity index (χ3n) is 3.76. The zero-order chi connectivity index (χ0) is 16.1. The monoisotopic (exact) mass is 325 g/mol. The molecule has 0 aliphatic heterocycles. The lowest BCUT2D eigenvalue weighted by molar-refractivity contribution is -0.142. The molecular formula is C16H20ClNO4. The Morgan fingerprint density at radius 3 is 2.73 bits per heavy atom. The minimum Gasteiger partial charge on any atom is -0.495 e. The molecule has 1 unspecified atom stereocenters. The van der Waals surface area contributed by atoms with E-state index in [0.717, 1.165) is 18.4 Å². The maximum atomic E-state index is 11.9. The van der Waals surface area contributed by atoms with Crippen LogP contribution in [-0.2, 0) is 16.0 Å². The molecule has 1 amide bonds. The molecule has 2 N–H and O–H groups in total. The van der Waals surface area contributed by atoms with E-state index in [9.17, 15) is 9.59 Å². The summed E-state index contributed by atoms with van der Waals surface area (Å²) in [6, 6.07) is 4.58. The van der Waals surface area contributed by atoms with E-state index in [1.54, 1.807) is 19.2 Å². The van der Waals surface area contributed by atoms with E-state index in [1.165, 1.54) is 0 Å². The Morgan fingerprint density at radius 1 is 1.45 bits per heavy atom. The first-order valence-corrected chi connectivity index (χ1v) is 7.72. The van der Waals surface area contributed by atoms with Crippen molar-refractivity contribution in [3.63, 3.8) is 0 Å². The van der Waals surface area contributed by atoms with E-state index >= 15 is 0 Å². The average molecular weight is 326 g/mol. The molecule has 5 nitrogen and oxygen atoms in total. The molecule has 6 heteroatoms. The predicted molar refractivity (Wildman–Crippen MR) is 83.2 cm³/mol. The second-order valence-electron chi connectivity index (χ2n) is 5.61. The van der Waals surface area contributed by atoms with Gasteiger partial charge in [0.05, 0.1) is 12.1 Å². The highest BCUT2D eigenvalue weighted by Crippen LogP contribution is 2.33. The fourth-order valence-electron chi connectivity index (χ4n) is 2.30. The molecule has 2 rings (SSSR count). The molecular weight excluding hydrogens is 306 g/mol. The number of ether oxygens (including phenoxy) is 1. The second-order valence-corrected chi connectivity index (χ2v) is 6.01. The third kappa shape index (κ3) is 4.91. The van der Waals surface area contributed by atoms with Crippen LogP contribution in [0.2, 0.25) is 5.02 Å². The summed E-state index contributed by atoms with van der Waals surface area (Å²) in [4.78, 5) is 23.1. The molecule has 120 valence electrons. The standard InChI is InChI=1S/C16H20ClNO4/c1-22-14-6-4-10(8-12(14)17)5-7-15(19)18-13(16(20)21)9-11-2-3-11/h4,6,8,11,13H,2-3,5,7,9H2,1H3,(H,18,19)(H,20,21). The molecule has 0 heterocycles. The maximum Gasteiger partial charge on any atom is 0.326 e. The Balaban J connectivity index is 1.83. The number of hydrogen-bond donors (Lipinski definition) is 2. The number of methoxy groups -OCH3 is 1. The molecule has 0 radical (unpaired) electrons. The summed E-state index contributed by atoms with van der Waals surface area (Å²) < 4.78 is 5.07. The van der Waals surface area contributed by atoms with Crippen LogP contribution in [0.5, 0.6) is 5.75 Å². The van der Waals surface area contributed by atoms with Crippen LogP contribution in [0.3, 0.4) is 0 Å². The van der Waals surface area contributed by atoms with Crippen LogP contribution in [-0.4, -0.2) is 30.1 Å². The Hall–Kier alpha value is -1.75. The highest BCUT2D eigenvalue weighted by atomic mass is 35.5. The fourth-order valence-corrected chi connectivity index (χ4v) is 2.58. The van der Waals surface area contributed by atoms with Crippen molar-refractivity contribution in [3.8, 4) is 5.75 Å². The number of aliphatic carboxylic acids is 1. The zero-order valence-corrected chi connectivity index (χ0v) is 13.2. The first-order chi connectivity index (χ1) is 10.5. The van der Waals surface area contributed by atoms with Crippen molar-refractivity contribution in [3.05, 3.63) is 28.8 Å². The van der Waals surface area contributed by atoms with E-state index in [2.05, 4.69) is 5.32 Å². The number of halogens is 1. The summed E-state index contributed by atoms with van der Waals surface area (Å²) in [5.41, 5.74) is 0.912. The molecule has 1 saturated carbocycles. The lowest BCUT2D eigenvalue weighted by atomic mass is 10.1. The highest BCUT2D eigenvalue weighted by Gasteiger charge is 2.30. The lowest BCUT2D eigenvalue weighted by Gasteiger charge is -2.14. The predicted octanol–water partition coefficient (Wildman–Crippen LogP) is 2.65. The van der Waals surface area contributed by atoms with Crippen LogP contribution in [0.15, 0.2) is 18.2 Å². The number of carbonyl (C=O) groups excluding carboxylic acids is 1. The normalized spacial score (nSPS) is 15.2. The summed E-state index contributed by atoms with van der Waals surface area (Å²) in [5, 5.41) is 12.2. The van der Waals surface area contributed by atoms with Crippen LogP contribution in [0, 0.1) is 5.92 Å². The van der Waals surface area contributed by atoms with Crippen molar-refractivity contribution in [2.75, 3.05) is 7.11 Å². The van der Waals surface area contributed by atoms with Gasteiger partial charge in [-0.15, -0.1) is 0 Å². The summed E-state index contributed by atoms with van der Waals surface area (Å²) in [6.07, 6.45) is 3.38. The Kier molecular flexibility index (Phi) is 5.66. The van der Waals surface area contributed by atoms with Crippen molar-refractivity contribution in [2.45, 2.75) is 38.1 Å². The largest absolute Gasteiger partial charge is 0.495 e. The van der Waals surface area contributed by atoms with E-state index in [-0.39, 0.29) is 12.3 Å². The van der Waals surface area contributed by atoms with Crippen molar-refractivity contribution in [1.29, 1.82) is 0 Å². The van der Waals surface area contributed by atoms with Gasteiger partial charge < -0.3 is 15.2 Å². The summed E-state index contributed by atoms with van der Waals surface area (Å²) >= 11 is 6.03. The van der Waals surface area contributed by atoms with Crippen LogP contribution in [0.25, 0.3) is 0 Å². The zero-order valence-electron chi connectivity index (χ0n) is 12.5. The van der Waals surface area contributed by atoms with E-state index in [4.69, 9.17) is 21.4 Å². The van der Waals surface area contributed by atoms with Gasteiger partial charge in [-0.05, 0) is 36.5 Å². The molecule has 1 atom stereocenters. The van der Waals surface area contributed by atoms with Gasteiger partial charge >= 0.3 is 5.97 Å². The first-order valence-electron chi connectivity index (χ1n) is 7.34.